The summed E-state index contributed by atoms with van der Waals surface area (Å²) >= 11 is 0. The van der Waals surface area contributed by atoms with Crippen molar-refractivity contribution in [1.82, 2.24) is 14.9 Å². The molecule has 0 radical (unpaired) electrons. The zero-order valence-electron chi connectivity index (χ0n) is 19.9. The molecule has 9 nitrogen and oxygen atoms in total. The molecule has 2 aliphatic rings. The summed E-state index contributed by atoms with van der Waals surface area (Å²) in [6.07, 6.45) is 3.15. The lowest BCUT2D eigenvalue weighted by Gasteiger charge is -2.25. The number of ether oxygens (including phenoxy) is 3. The summed E-state index contributed by atoms with van der Waals surface area (Å²) in [5.41, 5.74) is 8.87. The van der Waals surface area contributed by atoms with E-state index in [0.29, 0.717) is 30.2 Å². The van der Waals surface area contributed by atoms with Crippen LogP contribution in [-0.2, 0) is 11.2 Å². The van der Waals surface area contributed by atoms with E-state index in [9.17, 15) is 4.79 Å². The highest BCUT2D eigenvalue weighted by atomic mass is 16.5. The minimum absolute atomic E-state index is 0.0405. The predicted molar refractivity (Wildman–Crippen MR) is 133 cm³/mol. The van der Waals surface area contributed by atoms with Crippen LogP contribution < -0.4 is 25.3 Å². The number of nitrogen functional groups attached to an aromatic ring is 1. The van der Waals surface area contributed by atoms with Crippen molar-refractivity contribution in [2.45, 2.75) is 18.9 Å². The van der Waals surface area contributed by atoms with Crippen molar-refractivity contribution in [1.29, 1.82) is 0 Å². The Morgan fingerprint density at radius 3 is 2.89 bits per heavy atom. The summed E-state index contributed by atoms with van der Waals surface area (Å²) in [6.45, 7) is 2.11. The average molecular weight is 476 g/mol. The summed E-state index contributed by atoms with van der Waals surface area (Å²) < 4.78 is 17.5. The first-order chi connectivity index (χ1) is 17.0. The van der Waals surface area contributed by atoms with Crippen molar-refractivity contribution >= 4 is 17.5 Å². The fourth-order valence-corrected chi connectivity index (χ4v) is 4.49. The van der Waals surface area contributed by atoms with E-state index in [1.54, 1.807) is 19.4 Å². The Hall–Kier alpha value is -3.85. The number of nitrogens with two attached hydrogens (primary N) is 1. The number of anilines is 2. The Labute approximate surface area is 204 Å². The zero-order valence-corrected chi connectivity index (χ0v) is 19.9. The lowest BCUT2D eigenvalue weighted by molar-refractivity contribution is -0.121. The molecule has 1 amide bonds. The zero-order chi connectivity index (χ0) is 24.4. The smallest absolute Gasteiger partial charge is 0.231 e. The third-order valence-electron chi connectivity index (χ3n) is 6.40. The molecule has 5 rings (SSSR count). The van der Waals surface area contributed by atoms with Gasteiger partial charge in [-0.05, 0) is 61.9 Å². The number of nitrogens with one attached hydrogen (secondary N) is 1. The third-order valence-corrected chi connectivity index (χ3v) is 6.40. The molecule has 35 heavy (non-hydrogen) atoms. The van der Waals surface area contributed by atoms with E-state index >= 15 is 0 Å². The maximum absolute atomic E-state index is 13.2. The van der Waals surface area contributed by atoms with Crippen molar-refractivity contribution in [3.8, 4) is 28.5 Å². The second-order valence-corrected chi connectivity index (χ2v) is 8.98. The number of hydrogen-bond acceptors (Lipinski definition) is 8. The van der Waals surface area contributed by atoms with E-state index in [1.165, 1.54) is 0 Å². The van der Waals surface area contributed by atoms with Crippen LogP contribution in [0.25, 0.3) is 11.3 Å². The maximum Gasteiger partial charge on any atom is 0.231 e. The van der Waals surface area contributed by atoms with Gasteiger partial charge in [-0.15, -0.1) is 0 Å². The highest BCUT2D eigenvalue weighted by Crippen LogP contribution is 2.34. The first kappa shape index (κ1) is 22.9. The number of amides is 1. The number of likely N-dealkylation sites (N-methyl/N-ethyl adjacent to an activating group) is 1. The van der Waals surface area contributed by atoms with Crippen molar-refractivity contribution in [3.63, 3.8) is 0 Å². The maximum atomic E-state index is 13.2. The van der Waals surface area contributed by atoms with E-state index in [1.807, 2.05) is 36.4 Å². The molecule has 0 unspecified atom stereocenters. The number of methoxy groups -OCH3 is 1. The molecule has 0 saturated carbocycles. The lowest BCUT2D eigenvalue weighted by Crippen LogP contribution is -2.33. The molecular weight excluding hydrogens is 446 g/mol. The number of carbonyl (C=O) groups excluding carboxylic acids is 1. The van der Waals surface area contributed by atoms with Gasteiger partial charge in [-0.2, -0.15) is 0 Å². The summed E-state index contributed by atoms with van der Waals surface area (Å²) in [5.74, 6) is 1.89. The van der Waals surface area contributed by atoms with E-state index in [4.69, 9.17) is 19.9 Å². The van der Waals surface area contributed by atoms with E-state index in [-0.39, 0.29) is 23.9 Å². The monoisotopic (exact) mass is 475 g/mol. The van der Waals surface area contributed by atoms with E-state index in [2.05, 4.69) is 27.2 Å². The molecule has 0 spiro atoms. The van der Waals surface area contributed by atoms with Gasteiger partial charge in [0.05, 0.1) is 24.4 Å². The van der Waals surface area contributed by atoms with Crippen LogP contribution in [0.2, 0.25) is 0 Å². The van der Waals surface area contributed by atoms with Crippen molar-refractivity contribution < 1.29 is 19.0 Å². The topological polar surface area (TPSA) is 112 Å². The Morgan fingerprint density at radius 1 is 1.23 bits per heavy atom. The van der Waals surface area contributed by atoms with Crippen LogP contribution >= 0.6 is 0 Å². The van der Waals surface area contributed by atoms with Crippen molar-refractivity contribution in [2.24, 2.45) is 5.92 Å². The molecule has 2 aliphatic heterocycles. The van der Waals surface area contributed by atoms with Gasteiger partial charge in [-0.25, -0.2) is 9.97 Å². The van der Waals surface area contributed by atoms with Gasteiger partial charge in [-0.3, -0.25) is 4.79 Å². The number of carbonyl (C=O) groups is 1. The Bertz CT molecular complexity index is 1230. The number of fused-ring (bicyclic) bond motifs is 1. The number of rotatable bonds is 6. The van der Waals surface area contributed by atoms with Gasteiger partial charge in [0.25, 0.3) is 0 Å². The number of likely N-dealkylation sites (tertiary alicyclic amines) is 1. The summed E-state index contributed by atoms with van der Waals surface area (Å²) in [5, 5.41) is 3.07. The summed E-state index contributed by atoms with van der Waals surface area (Å²) in [7, 11) is 3.70. The molecule has 1 aromatic heterocycles. The molecule has 0 aliphatic carbocycles. The fourth-order valence-electron chi connectivity index (χ4n) is 4.49. The molecule has 9 heteroatoms. The van der Waals surface area contributed by atoms with E-state index in [0.717, 1.165) is 42.1 Å². The first-order valence-corrected chi connectivity index (χ1v) is 11.7. The van der Waals surface area contributed by atoms with Crippen molar-refractivity contribution in [2.75, 3.05) is 44.9 Å². The molecule has 1 fully saturated rings. The van der Waals surface area contributed by atoms with Crippen LogP contribution in [-0.4, -0.2) is 60.7 Å². The van der Waals surface area contributed by atoms with Gasteiger partial charge in [-0.1, -0.05) is 6.07 Å². The molecule has 3 heterocycles. The Balaban J connectivity index is 1.38. The SMILES string of the molecule is COc1ccc2c(c1)C[C@@H](C(=O)Nc1ccc(-c3ccnc(N)n3)cc1O[C@H]1CCN(C)C1)CO2. The van der Waals surface area contributed by atoms with Crippen LogP contribution in [0.4, 0.5) is 11.6 Å². The van der Waals surface area contributed by atoms with E-state index < -0.39 is 0 Å². The second kappa shape index (κ2) is 9.79. The number of aromatic nitrogens is 2. The van der Waals surface area contributed by atoms with Crippen LogP contribution in [0.5, 0.6) is 17.2 Å². The Kier molecular flexibility index (Phi) is 6.41. The van der Waals surface area contributed by atoms with Crippen molar-refractivity contribution in [3.05, 3.63) is 54.2 Å². The van der Waals surface area contributed by atoms with Gasteiger partial charge in [0.1, 0.15) is 30.0 Å². The number of hydrogen-bond donors (Lipinski definition) is 2. The van der Waals surface area contributed by atoms with Gasteiger partial charge >= 0.3 is 0 Å². The molecule has 3 aromatic rings. The molecular formula is C26H29N5O4. The molecule has 3 N–H and O–H groups in total. The molecule has 2 atom stereocenters. The van der Waals surface area contributed by atoms with Gasteiger partial charge in [0.2, 0.25) is 11.9 Å². The third kappa shape index (κ3) is 5.14. The van der Waals surface area contributed by atoms with Crippen LogP contribution in [0.1, 0.15) is 12.0 Å². The molecule has 0 bridgehead atoms. The average Bonchev–Trinajstić information content (AvgIpc) is 3.28. The minimum Gasteiger partial charge on any atom is -0.497 e. The number of nitrogens with zero attached hydrogens (tertiary/aromatic N) is 3. The van der Waals surface area contributed by atoms with Gasteiger partial charge in [0.15, 0.2) is 0 Å². The minimum atomic E-state index is -0.332. The quantitative estimate of drug-likeness (QED) is 0.560. The van der Waals surface area contributed by atoms with Gasteiger partial charge in [0, 0.05) is 24.8 Å². The van der Waals surface area contributed by atoms with Crippen LogP contribution in [0.15, 0.2) is 48.7 Å². The number of benzene rings is 2. The predicted octanol–water partition coefficient (Wildman–Crippen LogP) is 3.01. The standard InChI is InChI=1S/C26H29N5O4/c1-31-10-8-20(14-31)35-24-13-16(21-7-9-28-26(27)30-21)3-5-22(24)29-25(32)18-11-17-12-19(33-2)4-6-23(17)34-15-18/h3-7,9,12-13,18,20H,8,10-11,14-15H2,1-2H3,(H,29,32)(H2,27,28,30)/t18-,20+/m1/s1. The van der Waals surface area contributed by atoms with Crippen LogP contribution in [0.3, 0.4) is 0 Å². The summed E-state index contributed by atoms with van der Waals surface area (Å²) in [4.78, 5) is 23.8. The second-order valence-electron chi connectivity index (χ2n) is 8.98. The highest BCUT2D eigenvalue weighted by Gasteiger charge is 2.28. The summed E-state index contributed by atoms with van der Waals surface area (Å²) in [6, 6.07) is 13.1. The van der Waals surface area contributed by atoms with Gasteiger partial charge < -0.3 is 30.2 Å². The lowest BCUT2D eigenvalue weighted by atomic mass is 9.95. The normalized spacial score (nSPS) is 19.5. The largest absolute Gasteiger partial charge is 0.497 e. The molecule has 1 saturated heterocycles. The van der Waals surface area contributed by atoms with Crippen LogP contribution in [0, 0.1) is 5.92 Å². The first-order valence-electron chi connectivity index (χ1n) is 11.7. The Morgan fingerprint density at radius 2 is 2.11 bits per heavy atom. The molecule has 2 aromatic carbocycles. The highest BCUT2D eigenvalue weighted by molar-refractivity contribution is 5.95. The fraction of sp³-hybridized carbons (Fsp3) is 0.346. The molecule has 182 valence electrons.